The molecule has 0 fully saturated rings. The van der Waals surface area contributed by atoms with Gasteiger partial charge in [-0.2, -0.15) is 0 Å². The predicted molar refractivity (Wildman–Crippen MR) is 80.0 cm³/mol. The Balaban J connectivity index is 2.23. The van der Waals surface area contributed by atoms with E-state index in [9.17, 15) is 4.79 Å². The number of hydrogen-bond acceptors (Lipinski definition) is 5. The maximum atomic E-state index is 12.2. The molecule has 2 rings (SSSR count). The molecule has 0 spiro atoms. The topological polar surface area (TPSA) is 98.7 Å². The number of hydrogen-bond donors (Lipinski definition) is 2. The van der Waals surface area contributed by atoms with Crippen LogP contribution < -0.4 is 11.1 Å². The second-order valence-electron chi connectivity index (χ2n) is 6.09. The molecule has 1 aromatic heterocycles. The number of nitrogens with zero attached hydrogens (tertiary/aromatic N) is 4. The van der Waals surface area contributed by atoms with Crippen molar-refractivity contribution in [1.29, 1.82) is 0 Å². The smallest absolute Gasteiger partial charge is 0.241 e. The highest BCUT2D eigenvalue weighted by atomic mass is 16.2. The largest absolute Gasteiger partial charge is 0.325 e. The average Bonchev–Trinajstić information content (AvgIpc) is 2.92. The van der Waals surface area contributed by atoms with Crippen molar-refractivity contribution in [2.45, 2.75) is 33.7 Å². The third-order valence-corrected chi connectivity index (χ3v) is 3.29. The molecule has 1 atom stereocenters. The van der Waals surface area contributed by atoms with Crippen LogP contribution in [0.1, 0.15) is 26.3 Å². The molecule has 112 valence electrons. The molecule has 0 unspecified atom stereocenters. The monoisotopic (exact) mass is 288 g/mol. The van der Waals surface area contributed by atoms with Gasteiger partial charge in [0.25, 0.3) is 0 Å². The minimum Gasteiger partial charge on any atom is -0.325 e. The second-order valence-corrected chi connectivity index (χ2v) is 6.09. The maximum Gasteiger partial charge on any atom is 0.241 e. The Hall–Kier alpha value is -2.28. The maximum absolute atomic E-state index is 12.2. The van der Waals surface area contributed by atoms with Gasteiger partial charge in [-0.15, -0.1) is 5.10 Å². The highest BCUT2D eigenvalue weighted by molar-refractivity contribution is 5.95. The zero-order chi connectivity index (χ0) is 15.6. The number of amides is 1. The van der Waals surface area contributed by atoms with E-state index in [1.54, 1.807) is 4.68 Å². The summed E-state index contributed by atoms with van der Waals surface area (Å²) in [5, 5.41) is 13.9. The highest BCUT2D eigenvalue weighted by Gasteiger charge is 2.27. The zero-order valence-corrected chi connectivity index (χ0v) is 12.7. The van der Waals surface area contributed by atoms with Crippen molar-refractivity contribution >= 4 is 11.6 Å². The van der Waals surface area contributed by atoms with Crippen molar-refractivity contribution in [3.63, 3.8) is 0 Å². The molecule has 2 aromatic rings. The second kappa shape index (κ2) is 5.61. The van der Waals surface area contributed by atoms with Crippen molar-refractivity contribution < 1.29 is 4.79 Å². The number of rotatable bonds is 3. The minimum absolute atomic E-state index is 0.214. The number of benzene rings is 1. The van der Waals surface area contributed by atoms with Gasteiger partial charge in [-0.1, -0.05) is 26.8 Å². The third kappa shape index (κ3) is 3.43. The highest BCUT2D eigenvalue weighted by Crippen LogP contribution is 2.21. The lowest BCUT2D eigenvalue weighted by Crippen LogP contribution is -2.45. The Labute approximate surface area is 123 Å². The lowest BCUT2D eigenvalue weighted by molar-refractivity contribution is -0.119. The number of carbonyl (C=O) groups excluding carboxylic acids is 1. The number of nitrogens with one attached hydrogen (secondary N) is 1. The first-order valence-corrected chi connectivity index (χ1v) is 6.69. The molecular formula is C14H20N6O. The van der Waals surface area contributed by atoms with E-state index in [1.165, 1.54) is 6.33 Å². The number of aryl methyl sites for hydroxylation is 1. The fourth-order valence-corrected chi connectivity index (χ4v) is 1.82. The molecule has 0 aliphatic rings. The molecule has 7 nitrogen and oxygen atoms in total. The molecule has 0 saturated carbocycles. The average molecular weight is 288 g/mol. The quantitative estimate of drug-likeness (QED) is 0.886. The Kier molecular flexibility index (Phi) is 4.04. The molecule has 21 heavy (non-hydrogen) atoms. The van der Waals surface area contributed by atoms with Crippen LogP contribution in [-0.4, -0.2) is 32.2 Å². The van der Waals surface area contributed by atoms with E-state index in [4.69, 9.17) is 5.73 Å². The fraction of sp³-hybridized carbons (Fsp3) is 0.429. The van der Waals surface area contributed by atoms with Crippen LogP contribution in [0.15, 0.2) is 24.5 Å². The summed E-state index contributed by atoms with van der Waals surface area (Å²) in [7, 11) is 0. The number of nitrogens with two attached hydrogens (primary N) is 1. The summed E-state index contributed by atoms with van der Waals surface area (Å²) in [5.74, 6) is -0.214. The first-order valence-electron chi connectivity index (χ1n) is 6.69. The molecule has 7 heteroatoms. The molecular weight excluding hydrogens is 268 g/mol. The van der Waals surface area contributed by atoms with Gasteiger partial charge in [0.2, 0.25) is 5.91 Å². The Bertz CT molecular complexity index is 629. The lowest BCUT2D eigenvalue weighted by atomic mass is 9.87. The first-order chi connectivity index (χ1) is 9.79. The third-order valence-electron chi connectivity index (χ3n) is 3.29. The van der Waals surface area contributed by atoms with Crippen LogP contribution in [0.5, 0.6) is 0 Å². The lowest BCUT2D eigenvalue weighted by Gasteiger charge is -2.25. The SMILES string of the molecule is Cc1ccc(NC(=O)[C@H](N)C(C)(C)C)cc1-n1cnnn1. The number of carbonyl (C=O) groups is 1. The van der Waals surface area contributed by atoms with Crippen molar-refractivity contribution in [2.75, 3.05) is 5.32 Å². The van der Waals surface area contributed by atoms with Crippen LogP contribution in [0, 0.1) is 12.3 Å². The van der Waals surface area contributed by atoms with Gasteiger partial charge in [0, 0.05) is 5.69 Å². The van der Waals surface area contributed by atoms with E-state index in [-0.39, 0.29) is 11.3 Å². The van der Waals surface area contributed by atoms with Crippen molar-refractivity contribution in [2.24, 2.45) is 11.1 Å². The van der Waals surface area contributed by atoms with E-state index in [0.29, 0.717) is 5.69 Å². The summed E-state index contributed by atoms with van der Waals surface area (Å²) in [6.07, 6.45) is 1.51. The molecule has 0 radical (unpaired) electrons. The van der Waals surface area contributed by atoms with Gasteiger partial charge >= 0.3 is 0 Å². The molecule has 1 heterocycles. The van der Waals surface area contributed by atoms with Gasteiger partial charge in [-0.25, -0.2) is 4.68 Å². The fourth-order valence-electron chi connectivity index (χ4n) is 1.82. The first kappa shape index (κ1) is 15.1. The molecule has 1 amide bonds. The molecule has 3 N–H and O–H groups in total. The van der Waals surface area contributed by atoms with Crippen LogP contribution in [0.4, 0.5) is 5.69 Å². The number of tetrazole rings is 1. The Morgan fingerprint density at radius 2 is 2.10 bits per heavy atom. The van der Waals surface area contributed by atoms with Crippen molar-refractivity contribution in [1.82, 2.24) is 20.2 Å². The van der Waals surface area contributed by atoms with E-state index in [2.05, 4.69) is 20.8 Å². The van der Waals surface area contributed by atoms with Gasteiger partial charge in [-0.3, -0.25) is 4.79 Å². The number of anilines is 1. The molecule has 1 aromatic carbocycles. The zero-order valence-electron chi connectivity index (χ0n) is 12.7. The normalized spacial score (nSPS) is 13.0. The van der Waals surface area contributed by atoms with Gasteiger partial charge in [-0.05, 0) is 40.5 Å². The van der Waals surface area contributed by atoms with Crippen LogP contribution in [0.2, 0.25) is 0 Å². The van der Waals surface area contributed by atoms with Gasteiger partial charge in [0.05, 0.1) is 11.7 Å². The van der Waals surface area contributed by atoms with Crippen molar-refractivity contribution in [3.8, 4) is 5.69 Å². The van der Waals surface area contributed by atoms with Crippen LogP contribution in [0.3, 0.4) is 0 Å². The predicted octanol–water partition coefficient (Wildman–Crippen LogP) is 1.28. The molecule has 0 aliphatic heterocycles. The van der Waals surface area contributed by atoms with E-state index in [0.717, 1.165) is 11.3 Å². The summed E-state index contributed by atoms with van der Waals surface area (Å²) in [6.45, 7) is 7.74. The summed E-state index contributed by atoms with van der Waals surface area (Å²) in [5.41, 5.74) is 8.13. The van der Waals surface area contributed by atoms with E-state index in [1.807, 2.05) is 45.9 Å². The van der Waals surface area contributed by atoms with Crippen LogP contribution >= 0.6 is 0 Å². The van der Waals surface area contributed by atoms with E-state index < -0.39 is 6.04 Å². The summed E-state index contributed by atoms with van der Waals surface area (Å²) < 4.78 is 1.55. The molecule has 0 bridgehead atoms. The summed E-state index contributed by atoms with van der Waals surface area (Å²) in [4.78, 5) is 12.2. The number of aromatic nitrogens is 4. The van der Waals surface area contributed by atoms with E-state index >= 15 is 0 Å². The van der Waals surface area contributed by atoms with Gasteiger partial charge in [0.1, 0.15) is 6.33 Å². The molecule has 0 saturated heterocycles. The van der Waals surface area contributed by atoms with Crippen LogP contribution in [-0.2, 0) is 4.79 Å². The van der Waals surface area contributed by atoms with Crippen LogP contribution in [0.25, 0.3) is 5.69 Å². The summed E-state index contributed by atoms with van der Waals surface area (Å²) >= 11 is 0. The minimum atomic E-state index is -0.588. The Morgan fingerprint density at radius 3 is 2.67 bits per heavy atom. The standard InChI is InChI=1S/C14H20N6O/c1-9-5-6-10(7-11(9)20-8-16-18-19-20)17-13(21)12(15)14(2,3)4/h5-8,12H,15H2,1-4H3,(H,17,21)/t12-/m0/s1. The van der Waals surface area contributed by atoms with Gasteiger partial charge < -0.3 is 11.1 Å². The Morgan fingerprint density at radius 1 is 1.38 bits per heavy atom. The van der Waals surface area contributed by atoms with Crippen molar-refractivity contribution in [3.05, 3.63) is 30.1 Å². The molecule has 0 aliphatic carbocycles. The summed E-state index contributed by atoms with van der Waals surface area (Å²) in [6, 6.07) is 4.96. The van der Waals surface area contributed by atoms with Gasteiger partial charge in [0.15, 0.2) is 0 Å².